The van der Waals surface area contributed by atoms with Crippen molar-refractivity contribution in [3.8, 4) is 23.1 Å². The fourth-order valence-corrected chi connectivity index (χ4v) is 1.67. The summed E-state index contributed by atoms with van der Waals surface area (Å²) >= 11 is 0. The normalized spacial score (nSPS) is 9.83. The van der Waals surface area contributed by atoms with Gasteiger partial charge in [0.25, 0.3) is 0 Å². The molecule has 0 bridgehead atoms. The van der Waals surface area contributed by atoms with Crippen LogP contribution in [0.4, 0.5) is 4.39 Å². The van der Waals surface area contributed by atoms with Crippen molar-refractivity contribution < 1.29 is 9.13 Å². The molecule has 18 heavy (non-hydrogen) atoms. The van der Waals surface area contributed by atoms with Crippen molar-refractivity contribution in [1.29, 1.82) is 5.26 Å². The van der Waals surface area contributed by atoms with Gasteiger partial charge in [-0.2, -0.15) is 5.26 Å². The molecule has 0 spiro atoms. The van der Waals surface area contributed by atoms with Crippen LogP contribution in [0.15, 0.2) is 36.5 Å². The highest BCUT2D eigenvalue weighted by atomic mass is 19.1. The number of hydrogen-bond donors (Lipinski definition) is 0. The van der Waals surface area contributed by atoms with Gasteiger partial charge in [0.05, 0.1) is 6.61 Å². The molecule has 0 atom stereocenters. The van der Waals surface area contributed by atoms with E-state index in [1.165, 1.54) is 12.1 Å². The fourth-order valence-electron chi connectivity index (χ4n) is 1.67. The van der Waals surface area contributed by atoms with Crippen LogP contribution < -0.4 is 4.74 Å². The summed E-state index contributed by atoms with van der Waals surface area (Å²) in [5, 5.41) is 9.20. The van der Waals surface area contributed by atoms with Crippen molar-refractivity contribution in [3.63, 3.8) is 0 Å². The molecule has 0 N–H and O–H groups in total. The molecule has 0 saturated carbocycles. The number of nitrogens with zero attached hydrogens (tertiary/aromatic N) is 2. The summed E-state index contributed by atoms with van der Waals surface area (Å²) in [5.74, 6) is -0.00169. The molecule has 0 aliphatic heterocycles. The van der Waals surface area contributed by atoms with Crippen LogP contribution in [-0.2, 0) is 0 Å². The molecule has 90 valence electrons. The van der Waals surface area contributed by atoms with Gasteiger partial charge in [0.1, 0.15) is 17.4 Å². The maximum atomic E-state index is 12.9. The van der Waals surface area contributed by atoms with Gasteiger partial charge in [-0.15, -0.1) is 0 Å². The Morgan fingerprint density at radius 2 is 2.00 bits per heavy atom. The van der Waals surface area contributed by atoms with Gasteiger partial charge < -0.3 is 4.74 Å². The average molecular weight is 242 g/mol. The van der Waals surface area contributed by atoms with E-state index >= 15 is 0 Å². The Morgan fingerprint density at radius 3 is 2.61 bits per heavy atom. The number of aromatic nitrogens is 1. The predicted octanol–water partition coefficient (Wildman–Crippen LogP) is 3.16. The molecule has 0 saturated heterocycles. The van der Waals surface area contributed by atoms with Crippen molar-refractivity contribution in [2.24, 2.45) is 0 Å². The number of halogens is 1. The van der Waals surface area contributed by atoms with Crippen LogP contribution in [0.3, 0.4) is 0 Å². The lowest BCUT2D eigenvalue weighted by molar-refractivity contribution is 0.326. The fraction of sp³-hybridized carbons (Fsp3) is 0.143. The Labute approximate surface area is 104 Å². The quantitative estimate of drug-likeness (QED) is 0.830. The van der Waals surface area contributed by atoms with E-state index in [0.29, 0.717) is 23.6 Å². The minimum Gasteiger partial charge on any atom is -0.477 e. The Bertz CT molecular complexity index is 588. The molecule has 0 aliphatic rings. The zero-order valence-corrected chi connectivity index (χ0v) is 9.85. The standard InChI is InChI=1S/C14H11FN2O/c1-2-18-14-13(9-16)12(7-8-17-14)10-3-5-11(15)6-4-10/h3-8H,2H2,1H3. The minimum atomic E-state index is -0.309. The third kappa shape index (κ3) is 2.30. The lowest BCUT2D eigenvalue weighted by Crippen LogP contribution is -1.98. The van der Waals surface area contributed by atoms with Gasteiger partial charge in [-0.1, -0.05) is 12.1 Å². The van der Waals surface area contributed by atoms with Crippen LogP contribution in [-0.4, -0.2) is 11.6 Å². The second-order valence-corrected chi connectivity index (χ2v) is 3.59. The lowest BCUT2D eigenvalue weighted by Gasteiger charge is -2.08. The third-order valence-electron chi connectivity index (χ3n) is 2.46. The van der Waals surface area contributed by atoms with E-state index in [1.807, 2.05) is 6.92 Å². The van der Waals surface area contributed by atoms with Gasteiger partial charge in [0.15, 0.2) is 0 Å². The first kappa shape index (κ1) is 12.1. The summed E-state index contributed by atoms with van der Waals surface area (Å²) in [7, 11) is 0. The molecule has 2 rings (SSSR count). The highest BCUT2D eigenvalue weighted by molar-refractivity contribution is 5.72. The third-order valence-corrected chi connectivity index (χ3v) is 2.46. The predicted molar refractivity (Wildman–Crippen MR) is 65.5 cm³/mol. The van der Waals surface area contributed by atoms with Gasteiger partial charge in [0, 0.05) is 11.8 Å². The molecule has 1 aromatic heterocycles. The summed E-state index contributed by atoms with van der Waals surface area (Å²) in [4.78, 5) is 4.02. The molecule has 4 heteroatoms. The van der Waals surface area contributed by atoms with Crippen molar-refractivity contribution >= 4 is 0 Å². The monoisotopic (exact) mass is 242 g/mol. The number of ether oxygens (including phenoxy) is 1. The molecule has 1 aromatic carbocycles. The molecule has 0 radical (unpaired) electrons. The van der Waals surface area contributed by atoms with Gasteiger partial charge in [0.2, 0.25) is 5.88 Å². The molecule has 0 amide bonds. The molecule has 2 aromatic rings. The molecule has 0 aliphatic carbocycles. The Hall–Kier alpha value is -2.41. The number of benzene rings is 1. The van der Waals surface area contributed by atoms with E-state index in [9.17, 15) is 9.65 Å². The zero-order chi connectivity index (χ0) is 13.0. The largest absolute Gasteiger partial charge is 0.477 e. The number of rotatable bonds is 3. The maximum absolute atomic E-state index is 12.9. The van der Waals surface area contributed by atoms with Crippen molar-refractivity contribution in [3.05, 3.63) is 47.9 Å². The maximum Gasteiger partial charge on any atom is 0.232 e. The van der Waals surface area contributed by atoms with E-state index in [-0.39, 0.29) is 5.82 Å². The van der Waals surface area contributed by atoms with Gasteiger partial charge >= 0.3 is 0 Å². The first-order valence-corrected chi connectivity index (χ1v) is 5.54. The first-order valence-electron chi connectivity index (χ1n) is 5.54. The van der Waals surface area contributed by atoms with Crippen molar-refractivity contribution in [2.75, 3.05) is 6.61 Å². The van der Waals surface area contributed by atoms with Crippen LogP contribution in [0.5, 0.6) is 5.88 Å². The Morgan fingerprint density at radius 1 is 1.28 bits per heavy atom. The van der Waals surface area contributed by atoms with Crippen LogP contribution in [0, 0.1) is 17.1 Å². The van der Waals surface area contributed by atoms with Crippen LogP contribution in [0.2, 0.25) is 0 Å². The first-order chi connectivity index (χ1) is 8.76. The zero-order valence-electron chi connectivity index (χ0n) is 9.85. The summed E-state index contributed by atoms with van der Waals surface area (Å²) in [5.41, 5.74) is 1.82. The molecular weight excluding hydrogens is 231 g/mol. The molecular formula is C14H11FN2O. The minimum absolute atomic E-state index is 0.307. The Kier molecular flexibility index (Phi) is 3.54. The van der Waals surface area contributed by atoms with Crippen LogP contribution in [0.25, 0.3) is 11.1 Å². The molecule has 3 nitrogen and oxygen atoms in total. The number of hydrogen-bond acceptors (Lipinski definition) is 3. The lowest BCUT2D eigenvalue weighted by atomic mass is 10.0. The number of pyridine rings is 1. The second-order valence-electron chi connectivity index (χ2n) is 3.59. The second kappa shape index (κ2) is 5.28. The molecule has 0 unspecified atom stereocenters. The summed E-state index contributed by atoms with van der Waals surface area (Å²) in [6, 6.07) is 9.77. The topological polar surface area (TPSA) is 45.9 Å². The Balaban J connectivity index is 2.54. The van der Waals surface area contributed by atoms with Crippen molar-refractivity contribution in [2.45, 2.75) is 6.92 Å². The highest BCUT2D eigenvalue weighted by Crippen LogP contribution is 2.28. The smallest absolute Gasteiger partial charge is 0.232 e. The summed E-state index contributed by atoms with van der Waals surface area (Å²) in [6.07, 6.45) is 1.57. The van der Waals surface area contributed by atoms with E-state index < -0.39 is 0 Å². The van der Waals surface area contributed by atoms with E-state index in [4.69, 9.17) is 4.74 Å². The molecule has 0 fully saturated rings. The van der Waals surface area contributed by atoms with Crippen LogP contribution >= 0.6 is 0 Å². The highest BCUT2D eigenvalue weighted by Gasteiger charge is 2.11. The van der Waals surface area contributed by atoms with E-state index in [0.717, 1.165) is 5.56 Å². The van der Waals surface area contributed by atoms with Gasteiger partial charge in [-0.25, -0.2) is 9.37 Å². The van der Waals surface area contributed by atoms with Crippen molar-refractivity contribution in [1.82, 2.24) is 4.98 Å². The summed E-state index contributed by atoms with van der Waals surface area (Å²) in [6.45, 7) is 2.27. The van der Waals surface area contributed by atoms with Gasteiger partial charge in [-0.3, -0.25) is 0 Å². The van der Waals surface area contributed by atoms with Gasteiger partial charge in [-0.05, 0) is 30.7 Å². The van der Waals surface area contributed by atoms with E-state index in [2.05, 4.69) is 11.1 Å². The van der Waals surface area contributed by atoms with E-state index in [1.54, 1.807) is 24.4 Å². The molecule has 1 heterocycles. The number of nitriles is 1. The average Bonchev–Trinajstić information content (AvgIpc) is 2.40. The summed E-state index contributed by atoms with van der Waals surface area (Å²) < 4.78 is 18.2. The SMILES string of the molecule is CCOc1nccc(-c2ccc(F)cc2)c1C#N. The van der Waals surface area contributed by atoms with Crippen LogP contribution in [0.1, 0.15) is 12.5 Å².